The normalized spacial score (nSPS) is 11.1. The van der Waals surface area contributed by atoms with Crippen LogP contribution >= 0.6 is 23.5 Å². The highest BCUT2D eigenvalue weighted by Gasteiger charge is 2.14. The van der Waals surface area contributed by atoms with Gasteiger partial charge in [0.15, 0.2) is 10.3 Å². The lowest BCUT2D eigenvalue weighted by Crippen LogP contribution is -1.91. The second-order valence-electron chi connectivity index (χ2n) is 6.72. The van der Waals surface area contributed by atoms with Crippen molar-refractivity contribution in [3.63, 3.8) is 0 Å². The summed E-state index contributed by atoms with van der Waals surface area (Å²) in [5, 5.41) is 2.07. The van der Waals surface area contributed by atoms with E-state index < -0.39 is 0 Å². The standard InChI is InChI=1S/C23H24N4S2/c1-27-15-14-24-23(27)29-17-9-8-16-28-22-25-20(18-10-4-2-5-11-18)21(26-22)19-12-6-3-7-13-19/h2-7,10-15H,8-9,16-17H2,1H3,(H,25,26). The molecule has 0 aliphatic rings. The van der Waals surface area contributed by atoms with Crippen molar-refractivity contribution >= 4 is 23.5 Å². The molecule has 2 aromatic heterocycles. The number of aromatic nitrogens is 4. The number of benzene rings is 2. The Kier molecular flexibility index (Phi) is 6.75. The van der Waals surface area contributed by atoms with Crippen molar-refractivity contribution in [3.05, 3.63) is 73.1 Å². The summed E-state index contributed by atoms with van der Waals surface area (Å²) >= 11 is 3.62. The van der Waals surface area contributed by atoms with Gasteiger partial charge in [-0.1, -0.05) is 84.2 Å². The predicted molar refractivity (Wildman–Crippen MR) is 123 cm³/mol. The van der Waals surface area contributed by atoms with E-state index in [4.69, 9.17) is 4.98 Å². The Labute approximate surface area is 180 Å². The molecule has 0 aliphatic carbocycles. The summed E-state index contributed by atoms with van der Waals surface area (Å²) in [6.45, 7) is 0. The van der Waals surface area contributed by atoms with Gasteiger partial charge in [0.2, 0.25) is 0 Å². The zero-order chi connectivity index (χ0) is 19.9. The third kappa shape index (κ3) is 5.14. The van der Waals surface area contributed by atoms with Crippen LogP contribution in [0.15, 0.2) is 83.4 Å². The third-order valence-electron chi connectivity index (χ3n) is 4.58. The van der Waals surface area contributed by atoms with E-state index in [-0.39, 0.29) is 0 Å². The minimum atomic E-state index is 0.986. The van der Waals surface area contributed by atoms with Gasteiger partial charge in [-0.2, -0.15) is 0 Å². The van der Waals surface area contributed by atoms with E-state index in [0.717, 1.165) is 50.8 Å². The summed E-state index contributed by atoms with van der Waals surface area (Å²) < 4.78 is 2.07. The number of aryl methyl sites for hydroxylation is 1. The molecule has 0 spiro atoms. The number of rotatable bonds is 9. The van der Waals surface area contributed by atoms with Crippen LogP contribution in [0.25, 0.3) is 22.5 Å². The zero-order valence-corrected chi connectivity index (χ0v) is 18.0. The molecule has 0 saturated carbocycles. The van der Waals surface area contributed by atoms with Crippen molar-refractivity contribution in [2.24, 2.45) is 7.05 Å². The lowest BCUT2D eigenvalue weighted by molar-refractivity contribution is 0.787. The zero-order valence-electron chi connectivity index (χ0n) is 16.4. The maximum atomic E-state index is 4.92. The van der Waals surface area contributed by atoms with Gasteiger partial charge in [0.1, 0.15) is 0 Å². The Morgan fingerprint density at radius 3 is 2.17 bits per heavy atom. The summed E-state index contributed by atoms with van der Waals surface area (Å²) in [5.41, 5.74) is 4.41. The molecular formula is C23H24N4S2. The number of nitrogens with zero attached hydrogens (tertiary/aromatic N) is 3. The molecule has 0 aliphatic heterocycles. The molecule has 0 bridgehead atoms. The van der Waals surface area contributed by atoms with E-state index in [9.17, 15) is 0 Å². The molecule has 1 N–H and O–H groups in total. The Morgan fingerprint density at radius 2 is 1.52 bits per heavy atom. The highest BCUT2D eigenvalue weighted by atomic mass is 32.2. The third-order valence-corrected chi connectivity index (χ3v) is 6.68. The van der Waals surface area contributed by atoms with Gasteiger partial charge in [0.25, 0.3) is 0 Å². The molecule has 6 heteroatoms. The van der Waals surface area contributed by atoms with Crippen LogP contribution in [-0.2, 0) is 7.05 Å². The van der Waals surface area contributed by atoms with Gasteiger partial charge in [0, 0.05) is 42.1 Å². The van der Waals surface area contributed by atoms with Gasteiger partial charge in [-0.15, -0.1) is 0 Å². The molecule has 4 aromatic rings. The predicted octanol–water partition coefficient (Wildman–Crippen LogP) is 6.14. The SMILES string of the molecule is Cn1ccnc1SCCCCSc1nc(-c2ccccc2)c(-c2ccccc2)[nH]1. The molecule has 4 rings (SSSR count). The van der Waals surface area contributed by atoms with Crippen molar-refractivity contribution < 1.29 is 0 Å². The molecule has 0 atom stereocenters. The Balaban J connectivity index is 1.38. The molecule has 0 fully saturated rings. The van der Waals surface area contributed by atoms with E-state index in [2.05, 4.69) is 63.1 Å². The van der Waals surface area contributed by atoms with Crippen LogP contribution < -0.4 is 0 Å². The number of aromatic amines is 1. The summed E-state index contributed by atoms with van der Waals surface area (Å²) in [6, 6.07) is 20.8. The molecule has 0 saturated heterocycles. The van der Waals surface area contributed by atoms with Gasteiger partial charge in [-0.25, -0.2) is 9.97 Å². The van der Waals surface area contributed by atoms with E-state index >= 15 is 0 Å². The van der Waals surface area contributed by atoms with Crippen molar-refractivity contribution in [3.8, 4) is 22.5 Å². The van der Waals surface area contributed by atoms with Gasteiger partial charge < -0.3 is 9.55 Å². The van der Waals surface area contributed by atoms with Crippen molar-refractivity contribution in [2.75, 3.05) is 11.5 Å². The van der Waals surface area contributed by atoms with Gasteiger partial charge in [0.05, 0.1) is 11.4 Å². The first-order valence-corrected chi connectivity index (χ1v) is 11.7. The first-order valence-electron chi connectivity index (χ1n) is 9.75. The average molecular weight is 421 g/mol. The fraction of sp³-hybridized carbons (Fsp3) is 0.217. The van der Waals surface area contributed by atoms with Crippen LogP contribution in [0, 0.1) is 0 Å². The average Bonchev–Trinajstić information content (AvgIpc) is 3.38. The van der Waals surface area contributed by atoms with Crippen LogP contribution in [0.1, 0.15) is 12.8 Å². The van der Waals surface area contributed by atoms with Crippen molar-refractivity contribution in [2.45, 2.75) is 23.2 Å². The van der Waals surface area contributed by atoms with Crippen molar-refractivity contribution in [1.82, 2.24) is 19.5 Å². The highest BCUT2D eigenvalue weighted by molar-refractivity contribution is 7.99. The minimum absolute atomic E-state index is 0.986. The second-order valence-corrected chi connectivity index (χ2v) is 8.87. The molecule has 29 heavy (non-hydrogen) atoms. The van der Waals surface area contributed by atoms with E-state index in [1.807, 2.05) is 43.3 Å². The quantitative estimate of drug-likeness (QED) is 0.261. The second kappa shape index (κ2) is 9.85. The fourth-order valence-electron chi connectivity index (χ4n) is 3.07. The summed E-state index contributed by atoms with van der Waals surface area (Å²) in [5.74, 6) is 2.14. The molecule has 2 heterocycles. The molecule has 2 aromatic carbocycles. The smallest absolute Gasteiger partial charge is 0.167 e. The number of thioether (sulfide) groups is 2. The van der Waals surface area contributed by atoms with Crippen LogP contribution in [0.5, 0.6) is 0 Å². The maximum Gasteiger partial charge on any atom is 0.167 e. The number of imidazole rings is 2. The number of nitrogens with one attached hydrogen (secondary N) is 1. The first-order chi connectivity index (χ1) is 14.3. The number of unbranched alkanes of at least 4 members (excludes halogenated alkanes) is 1. The summed E-state index contributed by atoms with van der Waals surface area (Å²) in [7, 11) is 2.04. The van der Waals surface area contributed by atoms with Gasteiger partial charge >= 0.3 is 0 Å². The lowest BCUT2D eigenvalue weighted by atomic mass is 10.1. The summed E-state index contributed by atoms with van der Waals surface area (Å²) in [6.07, 6.45) is 6.17. The Morgan fingerprint density at radius 1 is 0.862 bits per heavy atom. The van der Waals surface area contributed by atoms with Crippen molar-refractivity contribution in [1.29, 1.82) is 0 Å². The Hall–Kier alpha value is -2.44. The highest BCUT2D eigenvalue weighted by Crippen LogP contribution is 2.32. The monoisotopic (exact) mass is 420 g/mol. The molecule has 148 valence electrons. The van der Waals surface area contributed by atoms with Crippen LogP contribution in [0.4, 0.5) is 0 Å². The molecule has 0 radical (unpaired) electrons. The van der Waals surface area contributed by atoms with Crippen LogP contribution in [-0.4, -0.2) is 31.0 Å². The lowest BCUT2D eigenvalue weighted by Gasteiger charge is -2.02. The van der Waals surface area contributed by atoms with Gasteiger partial charge in [-0.3, -0.25) is 0 Å². The number of hydrogen-bond donors (Lipinski definition) is 1. The van der Waals surface area contributed by atoms with E-state index in [1.165, 1.54) is 6.42 Å². The minimum Gasteiger partial charge on any atom is -0.332 e. The largest absolute Gasteiger partial charge is 0.332 e. The molecular weight excluding hydrogens is 396 g/mol. The molecule has 0 unspecified atom stereocenters. The summed E-state index contributed by atoms with van der Waals surface area (Å²) in [4.78, 5) is 12.8. The fourth-order valence-corrected chi connectivity index (χ4v) is 4.87. The maximum absolute atomic E-state index is 4.92. The first kappa shape index (κ1) is 19.9. The number of hydrogen-bond acceptors (Lipinski definition) is 4. The van der Waals surface area contributed by atoms with Crippen LogP contribution in [0.3, 0.4) is 0 Å². The molecule has 0 amide bonds. The van der Waals surface area contributed by atoms with Crippen LogP contribution in [0.2, 0.25) is 0 Å². The van der Waals surface area contributed by atoms with Gasteiger partial charge in [-0.05, 0) is 12.8 Å². The topological polar surface area (TPSA) is 46.5 Å². The molecule has 4 nitrogen and oxygen atoms in total. The number of H-pyrrole nitrogens is 1. The Bertz CT molecular complexity index is 968. The van der Waals surface area contributed by atoms with E-state index in [1.54, 1.807) is 11.8 Å². The van der Waals surface area contributed by atoms with E-state index in [0.29, 0.717) is 0 Å².